The van der Waals surface area contributed by atoms with Crippen molar-refractivity contribution in [1.29, 1.82) is 0 Å². The molecule has 20 heavy (non-hydrogen) atoms. The first-order chi connectivity index (χ1) is 9.48. The first-order valence-corrected chi connectivity index (χ1v) is 7.41. The molecule has 2 rings (SSSR count). The first-order valence-electron chi connectivity index (χ1n) is 7.41. The summed E-state index contributed by atoms with van der Waals surface area (Å²) in [7, 11) is 0. The van der Waals surface area contributed by atoms with Crippen LogP contribution in [0.2, 0.25) is 0 Å². The number of piperidine rings is 1. The van der Waals surface area contributed by atoms with Gasteiger partial charge in [-0.15, -0.1) is 0 Å². The van der Waals surface area contributed by atoms with E-state index in [0.717, 1.165) is 13.0 Å². The number of carbonyl (C=O) groups is 2. The van der Waals surface area contributed by atoms with E-state index in [4.69, 9.17) is 0 Å². The van der Waals surface area contributed by atoms with Gasteiger partial charge in [0, 0.05) is 26.2 Å². The fourth-order valence-electron chi connectivity index (χ4n) is 3.12. The third-order valence-corrected chi connectivity index (χ3v) is 4.72. The minimum Gasteiger partial charge on any atom is -0.481 e. The number of aliphatic carboxylic acids is 1. The van der Waals surface area contributed by atoms with Crippen LogP contribution in [0.1, 0.15) is 39.5 Å². The standard InChI is InChI=1S/C15H24N2O3/c1-3-15(13(18)19)6-9-16(10-7-15)14(20)17-8-4-5-12(2)11-17/h5H,3-4,6-11H2,1-2H3,(H,18,19). The van der Waals surface area contributed by atoms with Crippen molar-refractivity contribution in [1.82, 2.24) is 9.80 Å². The molecule has 0 bridgehead atoms. The summed E-state index contributed by atoms with van der Waals surface area (Å²) < 4.78 is 0. The van der Waals surface area contributed by atoms with Crippen LogP contribution in [0.15, 0.2) is 11.6 Å². The number of urea groups is 1. The Bertz CT molecular complexity index is 423. The zero-order valence-electron chi connectivity index (χ0n) is 12.4. The SMILES string of the molecule is CCC1(C(=O)O)CCN(C(=O)N2CCC=C(C)C2)CC1. The van der Waals surface area contributed by atoms with Gasteiger partial charge in [-0.2, -0.15) is 0 Å². The van der Waals surface area contributed by atoms with Gasteiger partial charge in [-0.25, -0.2) is 4.79 Å². The van der Waals surface area contributed by atoms with E-state index >= 15 is 0 Å². The number of likely N-dealkylation sites (tertiary alicyclic amines) is 1. The fourth-order valence-corrected chi connectivity index (χ4v) is 3.12. The number of amides is 2. The lowest BCUT2D eigenvalue weighted by Gasteiger charge is -2.40. The molecule has 112 valence electrons. The lowest BCUT2D eigenvalue weighted by molar-refractivity contribution is -0.152. The third-order valence-electron chi connectivity index (χ3n) is 4.72. The number of carbonyl (C=O) groups excluding carboxylic acids is 1. The van der Waals surface area contributed by atoms with Crippen molar-refractivity contribution in [2.45, 2.75) is 39.5 Å². The number of rotatable bonds is 2. The van der Waals surface area contributed by atoms with Crippen LogP contribution in [0.5, 0.6) is 0 Å². The summed E-state index contributed by atoms with van der Waals surface area (Å²) in [5, 5.41) is 9.38. The van der Waals surface area contributed by atoms with E-state index in [1.165, 1.54) is 5.57 Å². The Labute approximate surface area is 120 Å². The summed E-state index contributed by atoms with van der Waals surface area (Å²) in [6.07, 6.45) is 4.85. The molecule has 0 aromatic carbocycles. The highest BCUT2D eigenvalue weighted by Crippen LogP contribution is 2.35. The predicted molar refractivity (Wildman–Crippen MR) is 76.5 cm³/mol. The molecule has 5 nitrogen and oxygen atoms in total. The van der Waals surface area contributed by atoms with Gasteiger partial charge in [0.2, 0.25) is 0 Å². The second kappa shape index (κ2) is 5.85. The Kier molecular flexibility index (Phi) is 4.35. The molecule has 2 aliphatic rings. The normalized spacial score (nSPS) is 22.4. The summed E-state index contributed by atoms with van der Waals surface area (Å²) in [5.41, 5.74) is 0.601. The van der Waals surface area contributed by atoms with E-state index in [-0.39, 0.29) is 6.03 Å². The fraction of sp³-hybridized carbons (Fsp3) is 0.733. The van der Waals surface area contributed by atoms with E-state index in [9.17, 15) is 14.7 Å². The largest absolute Gasteiger partial charge is 0.481 e. The van der Waals surface area contributed by atoms with Crippen molar-refractivity contribution in [3.8, 4) is 0 Å². The lowest BCUT2D eigenvalue weighted by atomic mass is 9.76. The Morgan fingerprint density at radius 3 is 2.40 bits per heavy atom. The zero-order chi connectivity index (χ0) is 14.8. The van der Waals surface area contributed by atoms with E-state index in [2.05, 4.69) is 6.08 Å². The molecule has 0 aromatic rings. The van der Waals surface area contributed by atoms with Crippen LogP contribution < -0.4 is 0 Å². The minimum absolute atomic E-state index is 0.0625. The Morgan fingerprint density at radius 1 is 1.25 bits per heavy atom. The molecule has 0 radical (unpaired) electrons. The molecule has 5 heteroatoms. The minimum atomic E-state index is -0.719. The molecule has 0 aromatic heterocycles. The molecule has 1 fully saturated rings. The summed E-state index contributed by atoms with van der Waals surface area (Å²) in [5.74, 6) is -0.719. The summed E-state index contributed by atoms with van der Waals surface area (Å²) in [6.45, 7) is 6.54. The molecule has 1 saturated heterocycles. The average Bonchev–Trinajstić information content (AvgIpc) is 2.46. The number of carboxylic acids is 1. The van der Waals surface area contributed by atoms with E-state index in [1.807, 2.05) is 23.6 Å². The van der Waals surface area contributed by atoms with E-state index < -0.39 is 11.4 Å². The first kappa shape index (κ1) is 14.9. The molecule has 0 spiro atoms. The van der Waals surface area contributed by atoms with Crippen molar-refractivity contribution in [2.24, 2.45) is 5.41 Å². The van der Waals surface area contributed by atoms with Crippen LogP contribution in [0.4, 0.5) is 4.79 Å². The second-order valence-corrected chi connectivity index (χ2v) is 5.97. The van der Waals surface area contributed by atoms with Crippen LogP contribution in [0, 0.1) is 5.41 Å². The van der Waals surface area contributed by atoms with Gasteiger partial charge in [-0.1, -0.05) is 18.6 Å². The zero-order valence-corrected chi connectivity index (χ0v) is 12.4. The number of carboxylic acid groups (broad SMARTS) is 1. The highest BCUT2D eigenvalue weighted by atomic mass is 16.4. The lowest BCUT2D eigenvalue weighted by Crippen LogP contribution is -2.51. The number of nitrogens with zero attached hydrogens (tertiary/aromatic N) is 2. The van der Waals surface area contributed by atoms with Crippen LogP contribution in [0.25, 0.3) is 0 Å². The van der Waals surface area contributed by atoms with Crippen molar-refractivity contribution in [3.63, 3.8) is 0 Å². The molecule has 0 aliphatic carbocycles. The molecule has 0 unspecified atom stereocenters. The smallest absolute Gasteiger partial charge is 0.320 e. The van der Waals surface area contributed by atoms with Gasteiger partial charge in [-0.05, 0) is 32.6 Å². The van der Waals surface area contributed by atoms with E-state index in [0.29, 0.717) is 38.9 Å². The van der Waals surface area contributed by atoms with Gasteiger partial charge in [0.1, 0.15) is 0 Å². The van der Waals surface area contributed by atoms with E-state index in [1.54, 1.807) is 0 Å². The quantitative estimate of drug-likeness (QED) is 0.790. The van der Waals surface area contributed by atoms with Gasteiger partial charge in [0.15, 0.2) is 0 Å². The Morgan fingerprint density at radius 2 is 1.90 bits per heavy atom. The molecule has 2 aliphatic heterocycles. The Balaban J connectivity index is 1.95. The topological polar surface area (TPSA) is 60.9 Å². The van der Waals surface area contributed by atoms with Gasteiger partial charge in [0.25, 0.3) is 0 Å². The van der Waals surface area contributed by atoms with Gasteiger partial charge < -0.3 is 14.9 Å². The maximum absolute atomic E-state index is 12.4. The average molecular weight is 280 g/mol. The molecule has 2 heterocycles. The molecular weight excluding hydrogens is 256 g/mol. The Hall–Kier alpha value is -1.52. The second-order valence-electron chi connectivity index (χ2n) is 5.97. The highest BCUT2D eigenvalue weighted by Gasteiger charge is 2.41. The van der Waals surface area contributed by atoms with Gasteiger partial charge in [0.05, 0.1) is 5.41 Å². The van der Waals surface area contributed by atoms with Gasteiger partial charge in [-0.3, -0.25) is 4.79 Å². The van der Waals surface area contributed by atoms with Gasteiger partial charge >= 0.3 is 12.0 Å². The van der Waals surface area contributed by atoms with Crippen LogP contribution in [-0.2, 0) is 4.79 Å². The van der Waals surface area contributed by atoms with Crippen molar-refractivity contribution in [3.05, 3.63) is 11.6 Å². The molecule has 1 N–H and O–H groups in total. The van der Waals surface area contributed by atoms with Crippen molar-refractivity contribution >= 4 is 12.0 Å². The molecule has 0 saturated carbocycles. The van der Waals surface area contributed by atoms with Crippen LogP contribution in [0.3, 0.4) is 0 Å². The van der Waals surface area contributed by atoms with Crippen LogP contribution >= 0.6 is 0 Å². The number of hydrogen-bond acceptors (Lipinski definition) is 2. The van der Waals surface area contributed by atoms with Crippen LogP contribution in [-0.4, -0.2) is 53.1 Å². The highest BCUT2D eigenvalue weighted by molar-refractivity contribution is 5.77. The van der Waals surface area contributed by atoms with Crippen molar-refractivity contribution < 1.29 is 14.7 Å². The summed E-state index contributed by atoms with van der Waals surface area (Å²) >= 11 is 0. The monoisotopic (exact) mass is 280 g/mol. The number of hydrogen-bond donors (Lipinski definition) is 1. The summed E-state index contributed by atoms with van der Waals surface area (Å²) in [6, 6.07) is 0.0625. The molecule has 0 atom stereocenters. The summed E-state index contributed by atoms with van der Waals surface area (Å²) in [4.78, 5) is 27.5. The third kappa shape index (κ3) is 2.81. The van der Waals surface area contributed by atoms with Crippen molar-refractivity contribution in [2.75, 3.05) is 26.2 Å². The molecular formula is C15H24N2O3. The maximum Gasteiger partial charge on any atom is 0.320 e. The maximum atomic E-state index is 12.4. The predicted octanol–water partition coefficient (Wildman–Crippen LogP) is 2.34. The molecule has 2 amide bonds.